The van der Waals surface area contributed by atoms with E-state index in [-0.39, 0.29) is 48.7 Å². The van der Waals surface area contributed by atoms with Gasteiger partial charge in [0.25, 0.3) is 11.5 Å². The van der Waals surface area contributed by atoms with Crippen LogP contribution in [-0.4, -0.2) is 65.4 Å². The van der Waals surface area contributed by atoms with E-state index in [2.05, 4.69) is 0 Å². The average Bonchev–Trinajstić information content (AvgIpc) is 3.54. The minimum absolute atomic E-state index is 0.00698. The molecule has 50 heavy (non-hydrogen) atoms. The number of carbonyl (C=O) groups excluding carboxylic acids is 2. The van der Waals surface area contributed by atoms with Crippen molar-refractivity contribution in [3.8, 4) is 11.4 Å². The Hall–Kier alpha value is -4.55. The van der Waals surface area contributed by atoms with Crippen LogP contribution in [0.15, 0.2) is 95.9 Å². The lowest BCUT2D eigenvalue weighted by atomic mass is 9.82. The summed E-state index contributed by atoms with van der Waals surface area (Å²) in [6, 6.07) is 26.0. The summed E-state index contributed by atoms with van der Waals surface area (Å²) >= 11 is 0. The van der Waals surface area contributed by atoms with Gasteiger partial charge in [0.05, 0.1) is 44.5 Å². The normalized spacial score (nSPS) is 24.4. The number of hydrogen-bond acceptors (Lipinski definition) is 7. The van der Waals surface area contributed by atoms with Crippen molar-refractivity contribution in [2.24, 2.45) is 5.92 Å². The van der Waals surface area contributed by atoms with Crippen molar-refractivity contribution in [2.45, 2.75) is 69.2 Å². The van der Waals surface area contributed by atoms with Crippen molar-refractivity contribution < 1.29 is 29.0 Å². The molecule has 4 heterocycles. The summed E-state index contributed by atoms with van der Waals surface area (Å²) < 4.78 is 13.6. The summed E-state index contributed by atoms with van der Waals surface area (Å²) in [5.41, 5.74) is 3.11. The molecule has 1 fully saturated rings. The molecule has 0 unspecified atom stereocenters. The number of aromatic nitrogens is 1. The molecule has 2 N–H and O–H groups in total. The standard InChI is InChI=1S/C39H43N3O7Si/c1-25-36(50(3,4)47)34(21-35(44)41-23-28-11-6-5-10-27(28)20-30(41)24-43)49-39(25)31-12-7-8-13-32(31)42(38(39)46)22-26-15-17-29(18-16-26)40-19-9-14-33(48-2)37(40)45/h5-19,25,30,34,36,43,47H,20-24H2,1-4H3/t25-,30-,34+,36-,39+/m0/s1. The maximum Gasteiger partial charge on any atom is 0.297 e. The summed E-state index contributed by atoms with van der Waals surface area (Å²) in [6.45, 7) is 6.15. The van der Waals surface area contributed by atoms with E-state index in [0.29, 0.717) is 18.7 Å². The predicted octanol–water partition coefficient (Wildman–Crippen LogP) is 4.53. The number of nitrogens with zero attached hydrogens (tertiary/aromatic N) is 3. The maximum atomic E-state index is 14.8. The molecule has 0 saturated carbocycles. The number of amides is 2. The van der Waals surface area contributed by atoms with Crippen LogP contribution in [0, 0.1) is 5.92 Å². The Morgan fingerprint density at radius 1 is 0.980 bits per heavy atom. The first-order chi connectivity index (χ1) is 24.0. The van der Waals surface area contributed by atoms with Crippen molar-refractivity contribution in [1.29, 1.82) is 0 Å². The summed E-state index contributed by atoms with van der Waals surface area (Å²) in [5.74, 6) is -0.558. The van der Waals surface area contributed by atoms with Crippen molar-refractivity contribution in [2.75, 3.05) is 18.6 Å². The molecular formula is C39H43N3O7Si. The lowest BCUT2D eigenvalue weighted by molar-refractivity contribution is -0.151. The molecule has 260 valence electrons. The van der Waals surface area contributed by atoms with E-state index in [1.54, 1.807) is 28.1 Å². The highest BCUT2D eigenvalue weighted by atomic mass is 28.4. The zero-order valence-electron chi connectivity index (χ0n) is 28.8. The Morgan fingerprint density at radius 3 is 2.38 bits per heavy atom. The zero-order chi connectivity index (χ0) is 35.4. The van der Waals surface area contributed by atoms with Gasteiger partial charge in [0.1, 0.15) is 0 Å². The molecule has 3 aliphatic heterocycles. The van der Waals surface area contributed by atoms with Crippen LogP contribution >= 0.6 is 0 Å². The van der Waals surface area contributed by atoms with E-state index < -0.39 is 31.5 Å². The van der Waals surface area contributed by atoms with Gasteiger partial charge in [-0.05, 0) is 66.5 Å². The van der Waals surface area contributed by atoms with Crippen LogP contribution in [0.2, 0.25) is 18.6 Å². The lowest BCUT2D eigenvalue weighted by Crippen LogP contribution is -2.48. The number of aliphatic hydroxyl groups excluding tert-OH is 1. The molecule has 10 nitrogen and oxygen atoms in total. The van der Waals surface area contributed by atoms with Gasteiger partial charge in [-0.25, -0.2) is 0 Å². The summed E-state index contributed by atoms with van der Waals surface area (Å²) in [5, 5.41) is 10.3. The third kappa shape index (κ3) is 5.58. The van der Waals surface area contributed by atoms with Crippen LogP contribution in [0.1, 0.15) is 35.6 Å². The smallest absolute Gasteiger partial charge is 0.297 e. The summed E-state index contributed by atoms with van der Waals surface area (Å²) in [7, 11) is -1.53. The molecule has 0 bridgehead atoms. The molecular weight excluding hydrogens is 651 g/mol. The van der Waals surface area contributed by atoms with E-state index in [4.69, 9.17) is 9.47 Å². The fourth-order valence-corrected chi connectivity index (χ4v) is 11.1. The number of rotatable bonds is 8. The Bertz CT molecular complexity index is 1990. The number of anilines is 1. The molecule has 0 aliphatic carbocycles. The molecule has 2 amide bonds. The van der Waals surface area contributed by atoms with Crippen molar-refractivity contribution in [3.05, 3.63) is 124 Å². The van der Waals surface area contributed by atoms with Crippen LogP contribution in [0.25, 0.3) is 5.69 Å². The molecule has 4 aromatic rings. The molecule has 3 aromatic carbocycles. The highest BCUT2D eigenvalue weighted by molar-refractivity contribution is 6.71. The Kier molecular flexibility index (Phi) is 8.80. The first kappa shape index (κ1) is 33.9. The monoisotopic (exact) mass is 693 g/mol. The number of methoxy groups -OCH3 is 1. The van der Waals surface area contributed by atoms with Crippen LogP contribution in [0.5, 0.6) is 5.75 Å². The largest absolute Gasteiger partial charge is 0.491 e. The third-order valence-corrected chi connectivity index (χ3v) is 13.3. The second kappa shape index (κ2) is 13.0. The number of aliphatic hydroxyl groups is 1. The van der Waals surface area contributed by atoms with Gasteiger partial charge in [0.2, 0.25) is 5.91 Å². The van der Waals surface area contributed by atoms with Crippen molar-refractivity contribution >= 4 is 25.8 Å². The number of ether oxygens (including phenoxy) is 2. The van der Waals surface area contributed by atoms with Crippen LogP contribution in [-0.2, 0) is 39.4 Å². The molecule has 5 atom stereocenters. The highest BCUT2D eigenvalue weighted by Crippen LogP contribution is 2.59. The zero-order valence-corrected chi connectivity index (χ0v) is 29.8. The predicted molar refractivity (Wildman–Crippen MR) is 192 cm³/mol. The summed E-state index contributed by atoms with van der Waals surface area (Å²) in [6.07, 6.45) is 1.54. The Labute approximate surface area is 292 Å². The minimum Gasteiger partial charge on any atom is -0.491 e. The van der Waals surface area contributed by atoms with Crippen LogP contribution < -0.4 is 15.2 Å². The van der Waals surface area contributed by atoms with Crippen molar-refractivity contribution in [1.82, 2.24) is 9.47 Å². The third-order valence-electron chi connectivity index (χ3n) is 10.8. The van der Waals surface area contributed by atoms with Gasteiger partial charge in [-0.15, -0.1) is 0 Å². The van der Waals surface area contributed by atoms with Crippen LogP contribution in [0.4, 0.5) is 5.69 Å². The van der Waals surface area contributed by atoms with E-state index in [9.17, 15) is 24.3 Å². The number of hydrogen-bond donors (Lipinski definition) is 2. The van der Waals surface area contributed by atoms with Gasteiger partial charge >= 0.3 is 0 Å². The number of benzene rings is 3. The second-order valence-corrected chi connectivity index (χ2v) is 18.2. The fraction of sp³-hybridized carbons (Fsp3) is 0.359. The quantitative estimate of drug-likeness (QED) is 0.260. The van der Waals surface area contributed by atoms with Gasteiger partial charge in [-0.1, -0.05) is 61.5 Å². The van der Waals surface area contributed by atoms with Gasteiger partial charge in [-0.3, -0.25) is 19.0 Å². The number of para-hydroxylation sites is 1. The fourth-order valence-electron chi connectivity index (χ4n) is 8.50. The molecule has 3 aliphatic rings. The van der Waals surface area contributed by atoms with Crippen molar-refractivity contribution in [3.63, 3.8) is 0 Å². The van der Waals surface area contributed by atoms with Gasteiger partial charge < -0.3 is 29.2 Å². The molecule has 1 spiro atoms. The van der Waals surface area contributed by atoms with E-state index in [0.717, 1.165) is 27.9 Å². The minimum atomic E-state index is -2.99. The first-order valence-electron chi connectivity index (χ1n) is 17.1. The lowest BCUT2D eigenvalue weighted by Gasteiger charge is -2.37. The van der Waals surface area contributed by atoms with Gasteiger partial charge in [0.15, 0.2) is 19.7 Å². The van der Waals surface area contributed by atoms with Crippen LogP contribution in [0.3, 0.4) is 0 Å². The molecule has 1 aromatic heterocycles. The Morgan fingerprint density at radius 2 is 1.68 bits per heavy atom. The maximum absolute atomic E-state index is 14.8. The molecule has 7 rings (SSSR count). The van der Waals surface area contributed by atoms with E-state index >= 15 is 0 Å². The molecule has 0 radical (unpaired) electrons. The average molecular weight is 694 g/mol. The van der Waals surface area contributed by atoms with Gasteiger partial charge in [0, 0.05) is 35.5 Å². The first-order valence-corrected chi connectivity index (χ1v) is 20.1. The molecule has 11 heteroatoms. The Balaban J connectivity index is 1.18. The summed E-state index contributed by atoms with van der Waals surface area (Å²) in [4.78, 5) is 56.8. The number of carbonyl (C=O) groups is 2. The topological polar surface area (TPSA) is 122 Å². The highest BCUT2D eigenvalue weighted by Gasteiger charge is 2.66. The number of fused-ring (bicyclic) bond motifs is 3. The van der Waals surface area contributed by atoms with E-state index in [1.807, 2.05) is 92.8 Å². The SMILES string of the molecule is COc1cccn(-c2ccc(CN3C(=O)[C@]4(O[C@H](CC(=O)N5Cc6ccccc6C[C@H]5CO)[C@@H]([Si](C)(C)O)[C@@H]4C)c4ccccc43)cc2)c1=O. The van der Waals surface area contributed by atoms with Gasteiger partial charge in [-0.2, -0.15) is 0 Å². The number of pyridine rings is 1. The second-order valence-electron chi connectivity index (χ2n) is 14.2. The molecule has 1 saturated heterocycles. The van der Waals surface area contributed by atoms with E-state index in [1.165, 1.54) is 11.7 Å².